The van der Waals surface area contributed by atoms with Crippen LogP contribution in [-0.4, -0.2) is 106 Å². The van der Waals surface area contributed by atoms with E-state index in [-0.39, 0.29) is 29.2 Å². The number of anilines is 1. The molecule has 0 saturated carbocycles. The number of nitrogens with zero attached hydrogens (tertiary/aromatic N) is 2. The van der Waals surface area contributed by atoms with Crippen molar-refractivity contribution >= 4 is 46.9 Å². The van der Waals surface area contributed by atoms with Crippen LogP contribution in [0, 0.1) is 11.8 Å². The molecule has 15 heteroatoms. The molecule has 0 radical (unpaired) electrons. The number of hydrogen-bond acceptors (Lipinski definition) is 11. The van der Waals surface area contributed by atoms with Gasteiger partial charge >= 0.3 is 12.1 Å². The van der Waals surface area contributed by atoms with E-state index >= 15 is 0 Å². The van der Waals surface area contributed by atoms with Gasteiger partial charge in [-0.05, 0) is 63.4 Å². The van der Waals surface area contributed by atoms with Gasteiger partial charge in [0.15, 0.2) is 11.5 Å². The first-order valence-electron chi connectivity index (χ1n) is 18.4. The van der Waals surface area contributed by atoms with E-state index in [2.05, 4.69) is 5.32 Å². The van der Waals surface area contributed by atoms with Gasteiger partial charge in [-0.3, -0.25) is 19.7 Å². The van der Waals surface area contributed by atoms with Crippen molar-refractivity contribution in [3.63, 3.8) is 0 Å². The van der Waals surface area contributed by atoms with Crippen molar-refractivity contribution in [1.82, 2.24) is 10.2 Å². The lowest BCUT2D eigenvalue weighted by atomic mass is 9.81. The van der Waals surface area contributed by atoms with Gasteiger partial charge in [-0.15, -0.1) is 0 Å². The highest BCUT2D eigenvalue weighted by molar-refractivity contribution is 6.34. The molecule has 0 spiro atoms. The van der Waals surface area contributed by atoms with Crippen molar-refractivity contribution in [3.05, 3.63) is 87.5 Å². The maximum absolute atomic E-state index is 14.2. The van der Waals surface area contributed by atoms with Crippen LogP contribution >= 0.6 is 11.6 Å². The lowest BCUT2D eigenvalue weighted by Gasteiger charge is -2.42. The van der Waals surface area contributed by atoms with Gasteiger partial charge in [0.25, 0.3) is 5.91 Å². The summed E-state index contributed by atoms with van der Waals surface area (Å²) >= 11 is 6.72. The molecule has 0 unspecified atom stereocenters. The van der Waals surface area contributed by atoms with Crippen LogP contribution in [-0.2, 0) is 36.8 Å². The summed E-state index contributed by atoms with van der Waals surface area (Å²) in [5.41, 5.74) is -0.208. The first kappa shape index (κ1) is 42.5. The Kier molecular flexibility index (Phi) is 12.8. The predicted octanol–water partition coefficient (Wildman–Crippen LogP) is 4.11. The van der Waals surface area contributed by atoms with Crippen LogP contribution in [0.1, 0.15) is 79.3 Å². The van der Waals surface area contributed by atoms with Crippen molar-refractivity contribution in [2.75, 3.05) is 25.6 Å². The number of ketones is 1. The van der Waals surface area contributed by atoms with Crippen LogP contribution < -0.4 is 10.2 Å². The lowest BCUT2D eigenvalue weighted by molar-refractivity contribution is -0.158. The highest BCUT2D eigenvalue weighted by Gasteiger charge is 2.64. The number of aliphatic hydroxyl groups is 3. The average molecular weight is 796 g/mol. The Bertz CT molecular complexity index is 1930. The fourth-order valence-corrected chi connectivity index (χ4v) is 7.61. The number of epoxide rings is 1. The molecule has 2 saturated heterocycles. The normalized spacial score (nSPS) is 30.1. The molecule has 3 aliphatic heterocycles. The molecule has 2 fully saturated rings. The number of esters is 1. The van der Waals surface area contributed by atoms with Crippen LogP contribution in [0.2, 0.25) is 5.02 Å². The van der Waals surface area contributed by atoms with Crippen LogP contribution in [0.25, 0.3) is 0 Å². The Morgan fingerprint density at radius 1 is 1.14 bits per heavy atom. The third-order valence-electron chi connectivity index (χ3n) is 11.2. The third-order valence-corrected chi connectivity index (χ3v) is 11.6. The summed E-state index contributed by atoms with van der Waals surface area (Å²) in [5.74, 6) is -3.51. The van der Waals surface area contributed by atoms with E-state index in [0.29, 0.717) is 23.2 Å². The second kappa shape index (κ2) is 16.9. The predicted molar refractivity (Wildman–Crippen MR) is 206 cm³/mol. The lowest BCUT2D eigenvalue weighted by Crippen LogP contribution is -2.62. The molecule has 56 heavy (non-hydrogen) atoms. The number of hydrogen-bond donors (Lipinski definition) is 4. The quantitative estimate of drug-likeness (QED) is 0.179. The number of aliphatic hydroxyl groups excluding tert-OH is 2. The highest BCUT2D eigenvalue weighted by atomic mass is 35.5. The number of allylic oxidation sites excluding steroid dienone is 3. The molecule has 5 rings (SSSR count). The molecule has 3 amide bonds. The number of carbonyl (C=O) groups is 5. The van der Waals surface area contributed by atoms with E-state index in [1.54, 1.807) is 44.2 Å². The van der Waals surface area contributed by atoms with Gasteiger partial charge in [-0.2, -0.15) is 0 Å². The van der Waals surface area contributed by atoms with Gasteiger partial charge in [-0.1, -0.05) is 60.5 Å². The molecule has 3 heterocycles. The monoisotopic (exact) mass is 795 g/mol. The summed E-state index contributed by atoms with van der Waals surface area (Å²) in [5, 5.41) is 34.8. The Hall–Kier alpha value is -4.60. The van der Waals surface area contributed by atoms with Crippen LogP contribution in [0.4, 0.5) is 10.5 Å². The minimum Gasteiger partial charge on any atom is -0.457 e. The van der Waals surface area contributed by atoms with E-state index in [1.165, 1.54) is 62.0 Å². The number of benzene rings is 2. The van der Waals surface area contributed by atoms with Gasteiger partial charge < -0.3 is 39.3 Å². The summed E-state index contributed by atoms with van der Waals surface area (Å²) in [6.07, 6.45) is 1.18. The largest absolute Gasteiger partial charge is 0.457 e. The van der Waals surface area contributed by atoms with Crippen LogP contribution in [0.3, 0.4) is 0 Å². The third kappa shape index (κ3) is 8.84. The molecular formula is C41H50ClN3O11. The molecule has 2 aromatic rings. The van der Waals surface area contributed by atoms with Crippen molar-refractivity contribution < 1.29 is 53.5 Å². The minimum absolute atomic E-state index is 0.119. The maximum Gasteiger partial charge on any atom is 0.409 e. The zero-order valence-corrected chi connectivity index (χ0v) is 33.3. The Labute approximate surface area is 331 Å². The number of nitrogens with one attached hydrogen (secondary N) is 1. The molecule has 4 N–H and O–H groups in total. The molecule has 302 valence electrons. The number of likely N-dealkylation sites (N-methyl/N-ethyl adjacent to an activating group) is 1. The van der Waals surface area contributed by atoms with Crippen molar-refractivity contribution in [1.29, 1.82) is 0 Å². The van der Waals surface area contributed by atoms with Gasteiger partial charge in [0.1, 0.15) is 23.9 Å². The van der Waals surface area contributed by atoms with E-state index in [1.807, 2.05) is 6.92 Å². The van der Waals surface area contributed by atoms with E-state index in [0.717, 1.165) is 11.1 Å². The first-order valence-corrected chi connectivity index (χ1v) is 18.8. The first-order chi connectivity index (χ1) is 26.3. The highest BCUT2D eigenvalue weighted by Crippen LogP contribution is 2.49. The van der Waals surface area contributed by atoms with Gasteiger partial charge in [0, 0.05) is 43.5 Å². The summed E-state index contributed by atoms with van der Waals surface area (Å²) in [6, 6.07) is 8.37. The van der Waals surface area contributed by atoms with Crippen LogP contribution in [0.15, 0.2) is 60.2 Å². The number of ether oxygens (including phenoxy) is 3. The Morgan fingerprint density at radius 3 is 2.43 bits per heavy atom. The molecule has 0 aromatic heterocycles. The smallest absolute Gasteiger partial charge is 0.409 e. The summed E-state index contributed by atoms with van der Waals surface area (Å²) < 4.78 is 17.9. The van der Waals surface area contributed by atoms with Crippen molar-refractivity contribution in [3.8, 4) is 0 Å². The van der Waals surface area contributed by atoms with Gasteiger partial charge in [0.2, 0.25) is 5.91 Å². The number of fused-ring (bicyclic) bond motifs is 5. The molecular weight excluding hydrogens is 746 g/mol. The summed E-state index contributed by atoms with van der Waals surface area (Å²) in [7, 11) is 2.96. The molecule has 2 aromatic carbocycles. The zero-order chi connectivity index (χ0) is 41.3. The second-order valence-electron chi connectivity index (χ2n) is 15.2. The number of rotatable bonds is 7. The minimum atomic E-state index is -1.89. The van der Waals surface area contributed by atoms with Crippen LogP contribution in [0.5, 0.6) is 0 Å². The standard InChI is InChI=1S/C41H50ClN3O11/c1-22-9-8-10-30(21-47)41(53)19-32(54-39(52)43-41)23(2)36-40(5,56-36)33(18-34(49)45(7)31-17-26(15-22)16-29(20-46)35(31)42)55-38(51)24(3)44(6)37(50)28-13-11-27(12-14-28)25(4)48/h8-14,16-17,23-24,30,32-33,36,46-47,53H,15,18-21H2,1-7H3,(H,43,52)/b10-8+,22-9+/t23-,24+,30+,32+,33+,36+,40+,41+/m1/s1. The topological polar surface area (TPSA) is 196 Å². The van der Waals surface area contributed by atoms with Gasteiger partial charge in [0.05, 0.1) is 36.4 Å². The second-order valence-corrected chi connectivity index (χ2v) is 15.6. The number of Topliss-reactive ketones (excluding diaryl/α,β-unsaturated/α-hetero) is 1. The Balaban J connectivity index is 1.51. The molecule has 4 bridgehead atoms. The fraction of sp³-hybridized carbons (Fsp3) is 0.488. The number of carbonyl (C=O) groups excluding carboxylic acids is 5. The number of halogens is 1. The number of alkyl carbamates (subject to hydrolysis) is 1. The fourth-order valence-electron chi connectivity index (χ4n) is 7.32. The van der Waals surface area contributed by atoms with Gasteiger partial charge in [-0.25, -0.2) is 9.59 Å². The van der Waals surface area contributed by atoms with Crippen molar-refractivity contribution in [2.45, 2.75) is 96.2 Å². The van der Waals surface area contributed by atoms with E-state index in [4.69, 9.17) is 25.8 Å². The summed E-state index contributed by atoms with van der Waals surface area (Å²) in [4.78, 5) is 68.5. The molecule has 3 aliphatic rings. The number of amides is 3. The molecule has 0 aliphatic carbocycles. The average Bonchev–Trinajstić information content (AvgIpc) is 3.86. The maximum atomic E-state index is 14.2. The zero-order valence-electron chi connectivity index (χ0n) is 32.6. The molecule has 8 atom stereocenters. The summed E-state index contributed by atoms with van der Waals surface area (Å²) in [6.45, 7) is 7.29. The Morgan fingerprint density at radius 2 is 1.80 bits per heavy atom. The molecule has 14 nitrogen and oxygen atoms in total. The van der Waals surface area contributed by atoms with E-state index in [9.17, 15) is 39.3 Å². The van der Waals surface area contributed by atoms with Crippen molar-refractivity contribution in [2.24, 2.45) is 11.8 Å². The SMILES string of the molecule is CC(=O)c1ccc(C(=O)N(C)[C@@H](C)C(=O)O[C@H]2CC(=O)N(C)c3cc(cc(CO)c3Cl)C/C(C)=C/C=C/[C@@H](CO)[C@@]3(O)C[C@H](OC(=O)N3)[C@@H](C)[C@@H]3O[C@@]23C)cc1. The van der Waals surface area contributed by atoms with E-state index < -0.39 is 84.6 Å².